The number of carbonyl (C=O) groups excluding carboxylic acids is 1. The molecule has 28 heavy (non-hydrogen) atoms. The van der Waals surface area contributed by atoms with E-state index in [1.165, 1.54) is 24.1 Å². The second kappa shape index (κ2) is 7.49. The number of carbonyl (C=O) groups is 1. The second-order valence-electron chi connectivity index (χ2n) is 6.44. The van der Waals surface area contributed by atoms with E-state index < -0.39 is 23.8 Å². The summed E-state index contributed by atoms with van der Waals surface area (Å²) in [6, 6.07) is 7.20. The number of aryl methyl sites for hydroxylation is 1. The molecule has 0 saturated carbocycles. The van der Waals surface area contributed by atoms with E-state index in [0.29, 0.717) is 12.2 Å². The van der Waals surface area contributed by atoms with Crippen molar-refractivity contribution in [2.75, 3.05) is 7.05 Å². The molecule has 1 N–H and O–H groups in total. The van der Waals surface area contributed by atoms with Crippen molar-refractivity contribution >= 4 is 5.91 Å². The Balaban J connectivity index is 1.90. The molecule has 1 atom stereocenters. The van der Waals surface area contributed by atoms with E-state index in [1.54, 1.807) is 36.1 Å². The number of likely N-dealkylation sites (N-methyl/N-ethyl adjacent to an activating group) is 1. The summed E-state index contributed by atoms with van der Waals surface area (Å²) in [7, 11) is 3.26. The first-order chi connectivity index (χ1) is 13.2. The Morgan fingerprint density at radius 2 is 1.89 bits per heavy atom. The van der Waals surface area contributed by atoms with Crippen LogP contribution < -0.4 is 0 Å². The van der Waals surface area contributed by atoms with Crippen LogP contribution in [-0.2, 0) is 19.6 Å². The maximum absolute atomic E-state index is 13.2. The van der Waals surface area contributed by atoms with E-state index in [9.17, 15) is 22.4 Å². The van der Waals surface area contributed by atoms with E-state index in [1.807, 2.05) is 0 Å². The summed E-state index contributed by atoms with van der Waals surface area (Å²) in [5.74, 6) is -0.429. The van der Waals surface area contributed by atoms with E-state index in [-0.39, 0.29) is 11.5 Å². The monoisotopic (exact) mass is 394 g/mol. The summed E-state index contributed by atoms with van der Waals surface area (Å²) in [5, 5.41) is 0. The first-order valence-corrected chi connectivity index (χ1v) is 8.42. The Morgan fingerprint density at radius 3 is 2.43 bits per heavy atom. The summed E-state index contributed by atoms with van der Waals surface area (Å²) < 4.78 is 53.4. The van der Waals surface area contributed by atoms with Gasteiger partial charge in [0.25, 0.3) is 5.91 Å². The van der Waals surface area contributed by atoms with Crippen molar-refractivity contribution in [2.24, 2.45) is 7.05 Å². The fraction of sp³-hybridized carbons (Fsp3) is 0.263. The summed E-state index contributed by atoms with van der Waals surface area (Å²) in [4.78, 5) is 20.5. The highest BCUT2D eigenvalue weighted by Crippen LogP contribution is 2.29. The maximum atomic E-state index is 13.2. The van der Waals surface area contributed by atoms with Gasteiger partial charge in [0.05, 0.1) is 6.04 Å². The van der Waals surface area contributed by atoms with Gasteiger partial charge in [0, 0.05) is 32.9 Å². The Bertz CT molecular complexity index is 959. The number of nitrogens with one attached hydrogen (secondary N) is 1. The minimum absolute atomic E-state index is 0.173. The van der Waals surface area contributed by atoms with Crippen molar-refractivity contribution in [3.05, 3.63) is 77.4 Å². The second-order valence-corrected chi connectivity index (χ2v) is 6.44. The Hall–Kier alpha value is -3.10. The van der Waals surface area contributed by atoms with Gasteiger partial charge in [0.15, 0.2) is 0 Å². The Morgan fingerprint density at radius 1 is 1.21 bits per heavy atom. The topological polar surface area (TPSA) is 53.9 Å². The highest BCUT2D eigenvalue weighted by Gasteiger charge is 2.34. The normalized spacial score (nSPS) is 12.8. The Kier molecular flexibility index (Phi) is 5.26. The lowest BCUT2D eigenvalue weighted by atomic mass is 10.0. The maximum Gasteiger partial charge on any atom is 0.431 e. The van der Waals surface area contributed by atoms with Gasteiger partial charge >= 0.3 is 6.18 Å². The molecule has 9 heteroatoms. The van der Waals surface area contributed by atoms with Gasteiger partial charge < -0.3 is 14.5 Å². The molecule has 2 heterocycles. The number of hydrogen-bond acceptors (Lipinski definition) is 2. The first-order valence-electron chi connectivity index (χ1n) is 8.42. The molecule has 1 unspecified atom stereocenters. The number of aromatic amines is 1. The van der Waals surface area contributed by atoms with Crippen molar-refractivity contribution in [2.45, 2.75) is 18.6 Å². The SMILES string of the molecule is CN(C(=O)c1ccc(C(F)(F)F)[nH]1)C(Cc1ccc(F)cc1)c1nccn1C. The lowest BCUT2D eigenvalue weighted by Gasteiger charge is -2.28. The molecule has 0 bridgehead atoms. The van der Waals surface area contributed by atoms with Crippen LogP contribution in [0.2, 0.25) is 0 Å². The number of benzene rings is 1. The highest BCUT2D eigenvalue weighted by atomic mass is 19.4. The van der Waals surface area contributed by atoms with Gasteiger partial charge in [0.2, 0.25) is 0 Å². The lowest BCUT2D eigenvalue weighted by Crippen LogP contribution is -2.34. The van der Waals surface area contributed by atoms with Gasteiger partial charge in [-0.25, -0.2) is 9.37 Å². The van der Waals surface area contributed by atoms with Gasteiger partial charge in [-0.1, -0.05) is 12.1 Å². The molecule has 0 aliphatic rings. The summed E-state index contributed by atoms with van der Waals surface area (Å²) >= 11 is 0. The third-order valence-electron chi connectivity index (χ3n) is 4.51. The summed E-state index contributed by atoms with van der Waals surface area (Å²) in [6.07, 6.45) is -0.964. The highest BCUT2D eigenvalue weighted by molar-refractivity contribution is 5.92. The number of H-pyrrole nitrogens is 1. The quantitative estimate of drug-likeness (QED) is 0.666. The molecule has 1 amide bonds. The van der Waals surface area contributed by atoms with Crippen LogP contribution in [0.25, 0.3) is 0 Å². The van der Waals surface area contributed by atoms with E-state index in [0.717, 1.165) is 17.7 Å². The molecule has 0 saturated heterocycles. The van der Waals surface area contributed by atoms with Crippen molar-refractivity contribution in [1.82, 2.24) is 19.4 Å². The average Bonchev–Trinajstić information content (AvgIpc) is 3.29. The number of hydrogen-bond donors (Lipinski definition) is 1. The average molecular weight is 394 g/mol. The number of rotatable bonds is 5. The van der Waals surface area contributed by atoms with E-state index in [2.05, 4.69) is 9.97 Å². The molecule has 2 aromatic heterocycles. The standard InChI is InChI=1S/C19H18F4N4O/c1-26-10-9-24-17(26)15(11-12-3-5-13(20)6-4-12)27(2)18(28)14-7-8-16(25-14)19(21,22)23/h3-10,15,25H,11H2,1-2H3. The first kappa shape index (κ1) is 19.7. The molecule has 0 aliphatic carbocycles. The smallest absolute Gasteiger partial charge is 0.347 e. The summed E-state index contributed by atoms with van der Waals surface area (Å²) in [5.41, 5.74) is -0.402. The Labute approximate surface area is 158 Å². The van der Waals surface area contributed by atoms with Crippen molar-refractivity contribution < 1.29 is 22.4 Å². The fourth-order valence-corrected chi connectivity index (χ4v) is 2.96. The lowest BCUT2D eigenvalue weighted by molar-refractivity contribution is -0.140. The number of amides is 1. The molecule has 148 valence electrons. The molecule has 0 aliphatic heterocycles. The third-order valence-corrected chi connectivity index (χ3v) is 4.51. The zero-order valence-corrected chi connectivity index (χ0v) is 15.2. The van der Waals surface area contributed by atoms with Gasteiger partial charge in [-0.05, 0) is 29.8 Å². The van der Waals surface area contributed by atoms with Crippen LogP contribution in [0, 0.1) is 5.82 Å². The summed E-state index contributed by atoms with van der Waals surface area (Å²) in [6.45, 7) is 0. The molecule has 5 nitrogen and oxygen atoms in total. The molecule has 0 fully saturated rings. The van der Waals surface area contributed by atoms with Crippen molar-refractivity contribution in [1.29, 1.82) is 0 Å². The van der Waals surface area contributed by atoms with E-state index in [4.69, 9.17) is 0 Å². The largest absolute Gasteiger partial charge is 0.431 e. The van der Waals surface area contributed by atoms with Crippen LogP contribution in [0.3, 0.4) is 0 Å². The molecule has 1 aromatic carbocycles. The number of alkyl halides is 3. The molecule has 3 rings (SSSR count). The van der Waals surface area contributed by atoms with Crippen LogP contribution in [0.15, 0.2) is 48.8 Å². The third kappa shape index (κ3) is 4.08. The minimum atomic E-state index is -4.57. The number of aromatic nitrogens is 3. The molecule has 0 radical (unpaired) electrons. The zero-order valence-electron chi connectivity index (χ0n) is 15.2. The van der Waals surface area contributed by atoms with Crippen LogP contribution in [0.1, 0.15) is 33.6 Å². The predicted molar refractivity (Wildman–Crippen MR) is 93.9 cm³/mol. The predicted octanol–water partition coefficient (Wildman–Crippen LogP) is 3.96. The van der Waals surface area contributed by atoms with Gasteiger partial charge in [-0.15, -0.1) is 0 Å². The van der Waals surface area contributed by atoms with Gasteiger partial charge in [0.1, 0.15) is 23.0 Å². The number of halogens is 4. The molecule has 3 aromatic rings. The van der Waals surface area contributed by atoms with E-state index >= 15 is 0 Å². The van der Waals surface area contributed by atoms with Crippen LogP contribution in [0.4, 0.5) is 17.6 Å². The van der Waals surface area contributed by atoms with Crippen LogP contribution in [-0.4, -0.2) is 32.4 Å². The van der Waals surface area contributed by atoms with Crippen LogP contribution >= 0.6 is 0 Å². The van der Waals surface area contributed by atoms with Crippen molar-refractivity contribution in [3.63, 3.8) is 0 Å². The number of imidazole rings is 1. The molecular weight excluding hydrogens is 376 g/mol. The minimum Gasteiger partial charge on any atom is -0.347 e. The fourth-order valence-electron chi connectivity index (χ4n) is 2.96. The van der Waals surface area contributed by atoms with Crippen LogP contribution in [0.5, 0.6) is 0 Å². The number of nitrogens with zero attached hydrogens (tertiary/aromatic N) is 3. The van der Waals surface area contributed by atoms with Gasteiger partial charge in [-0.3, -0.25) is 4.79 Å². The molecule has 0 spiro atoms. The van der Waals surface area contributed by atoms with Gasteiger partial charge in [-0.2, -0.15) is 13.2 Å². The zero-order chi connectivity index (χ0) is 20.5. The van der Waals surface area contributed by atoms with Crippen molar-refractivity contribution in [3.8, 4) is 0 Å². The molecular formula is C19H18F4N4O.